The molecule has 2 aromatic rings. The van der Waals surface area contributed by atoms with Gasteiger partial charge in [0.15, 0.2) is 6.04 Å². The molecule has 2 heterocycles. The molecule has 0 unspecified atom stereocenters. The Morgan fingerprint density at radius 3 is 2.64 bits per heavy atom. The molecule has 1 aliphatic carbocycles. The average Bonchev–Trinajstić information content (AvgIpc) is 3.39. The van der Waals surface area contributed by atoms with Gasteiger partial charge in [-0.3, -0.25) is 4.79 Å². The van der Waals surface area contributed by atoms with E-state index in [0.717, 1.165) is 23.4 Å². The molecule has 1 aromatic heterocycles. The number of nitrogens with zero attached hydrogens (tertiary/aromatic N) is 1. The predicted octanol–water partition coefficient (Wildman–Crippen LogP) is 1.15. The van der Waals surface area contributed by atoms with Crippen molar-refractivity contribution in [2.24, 2.45) is 0 Å². The van der Waals surface area contributed by atoms with Crippen LogP contribution in [0.1, 0.15) is 24.5 Å². The van der Waals surface area contributed by atoms with Crippen molar-refractivity contribution >= 4 is 33.0 Å². The molecule has 1 amide bonds. The minimum absolute atomic E-state index is 0.0116. The maximum Gasteiger partial charge on any atom is 0.282 e. The number of benzene rings is 1. The Hall–Kier alpha value is -1.74. The molecule has 1 saturated heterocycles. The molecule has 1 aromatic carbocycles. The van der Waals surface area contributed by atoms with Gasteiger partial charge >= 0.3 is 0 Å². The summed E-state index contributed by atoms with van der Waals surface area (Å²) in [5.74, 6) is -0.0116. The Morgan fingerprint density at radius 2 is 1.93 bits per heavy atom. The van der Waals surface area contributed by atoms with E-state index in [9.17, 15) is 13.2 Å². The highest BCUT2D eigenvalue weighted by Crippen LogP contribution is 2.25. The molecule has 0 radical (unpaired) electrons. The van der Waals surface area contributed by atoms with Crippen molar-refractivity contribution in [3.05, 3.63) is 46.8 Å². The number of piperazine rings is 1. The summed E-state index contributed by atoms with van der Waals surface area (Å²) in [7, 11) is -3.40. The number of quaternary nitrogens is 1. The van der Waals surface area contributed by atoms with Crippen LogP contribution in [0.3, 0.4) is 0 Å². The van der Waals surface area contributed by atoms with Crippen LogP contribution in [0.4, 0.5) is 5.69 Å². The fourth-order valence-electron chi connectivity index (χ4n) is 4.07. The second-order valence-electron chi connectivity index (χ2n) is 7.54. The molecule has 0 saturated carbocycles. The van der Waals surface area contributed by atoms with Crippen LogP contribution in [0.2, 0.25) is 0 Å². The minimum atomic E-state index is -3.40. The van der Waals surface area contributed by atoms with Crippen molar-refractivity contribution < 1.29 is 18.1 Å². The number of carbonyl (C=O) groups is 1. The summed E-state index contributed by atoms with van der Waals surface area (Å²) in [6.07, 6.45) is 3.40. The molecule has 150 valence electrons. The summed E-state index contributed by atoms with van der Waals surface area (Å²) in [5, 5.41) is 4.82. The van der Waals surface area contributed by atoms with E-state index in [1.54, 1.807) is 17.5 Å². The molecule has 2 N–H and O–H groups in total. The number of carbonyl (C=O) groups excluding carboxylic acids is 1. The molecule has 0 spiro atoms. The van der Waals surface area contributed by atoms with Crippen LogP contribution in [0.5, 0.6) is 0 Å². The summed E-state index contributed by atoms with van der Waals surface area (Å²) in [4.78, 5) is 13.8. The number of rotatable bonds is 5. The molecule has 2 aliphatic rings. The van der Waals surface area contributed by atoms with Gasteiger partial charge in [-0.15, -0.1) is 11.3 Å². The fraction of sp³-hybridized carbons (Fsp3) is 0.450. The van der Waals surface area contributed by atoms with Crippen molar-refractivity contribution in [2.75, 3.05) is 31.5 Å². The lowest BCUT2D eigenvalue weighted by molar-refractivity contribution is -0.917. The lowest BCUT2D eigenvalue weighted by Gasteiger charge is -2.33. The van der Waals surface area contributed by atoms with Crippen molar-refractivity contribution in [1.29, 1.82) is 0 Å². The average molecular weight is 421 g/mol. The van der Waals surface area contributed by atoms with Crippen LogP contribution in [-0.4, -0.2) is 50.9 Å². The number of anilines is 1. The van der Waals surface area contributed by atoms with Crippen molar-refractivity contribution in [1.82, 2.24) is 4.31 Å². The van der Waals surface area contributed by atoms with Gasteiger partial charge in [0.05, 0.1) is 26.2 Å². The lowest BCUT2D eigenvalue weighted by atomic mass is 10.1. The molecule has 28 heavy (non-hydrogen) atoms. The first-order valence-electron chi connectivity index (χ1n) is 9.76. The van der Waals surface area contributed by atoms with E-state index in [1.807, 2.05) is 13.0 Å². The Kier molecular flexibility index (Phi) is 5.55. The van der Waals surface area contributed by atoms with Gasteiger partial charge in [-0.1, -0.05) is 12.1 Å². The first-order chi connectivity index (χ1) is 13.4. The van der Waals surface area contributed by atoms with E-state index in [4.69, 9.17) is 0 Å². The SMILES string of the molecule is C[C@@H](C(=O)Nc1ccc2c(c1)CCC2)[NH+]1CCN(S(=O)(=O)c2cccs2)CC1. The van der Waals surface area contributed by atoms with E-state index in [1.165, 1.54) is 33.2 Å². The van der Waals surface area contributed by atoms with Gasteiger partial charge < -0.3 is 10.2 Å². The molecular formula is C20H26N3O3S2+. The quantitative estimate of drug-likeness (QED) is 0.763. The van der Waals surface area contributed by atoms with Gasteiger partial charge in [-0.2, -0.15) is 4.31 Å². The Balaban J connectivity index is 1.34. The molecule has 1 atom stereocenters. The van der Waals surface area contributed by atoms with E-state index in [-0.39, 0.29) is 11.9 Å². The maximum atomic E-state index is 12.7. The van der Waals surface area contributed by atoms with Crippen LogP contribution in [-0.2, 0) is 27.7 Å². The Bertz CT molecular complexity index is 949. The van der Waals surface area contributed by atoms with Gasteiger partial charge in [0.1, 0.15) is 4.21 Å². The number of amides is 1. The zero-order chi connectivity index (χ0) is 19.7. The summed E-state index contributed by atoms with van der Waals surface area (Å²) in [6, 6.07) is 9.36. The van der Waals surface area contributed by atoms with Gasteiger partial charge in [0, 0.05) is 5.69 Å². The molecular weight excluding hydrogens is 394 g/mol. The van der Waals surface area contributed by atoms with E-state index in [0.29, 0.717) is 30.4 Å². The normalized spacial score (nSPS) is 19.3. The highest BCUT2D eigenvalue weighted by atomic mass is 32.2. The second-order valence-corrected chi connectivity index (χ2v) is 10.7. The molecule has 1 aliphatic heterocycles. The third kappa shape index (κ3) is 3.87. The standard InChI is InChI=1S/C20H25N3O3S2/c1-15(20(24)21-18-8-7-16-4-2-5-17(16)14-18)22-9-11-23(12-10-22)28(25,26)19-6-3-13-27-19/h3,6-8,13-15H,2,4-5,9-12H2,1H3,(H,21,24)/p+1/t15-/m0/s1. The van der Waals surface area contributed by atoms with Crippen molar-refractivity contribution in [3.63, 3.8) is 0 Å². The minimum Gasteiger partial charge on any atom is -0.323 e. The molecule has 4 rings (SSSR count). The molecule has 0 bridgehead atoms. The number of thiophene rings is 1. The maximum absolute atomic E-state index is 12.7. The van der Waals surface area contributed by atoms with E-state index in [2.05, 4.69) is 17.4 Å². The van der Waals surface area contributed by atoms with Crippen LogP contribution >= 0.6 is 11.3 Å². The predicted molar refractivity (Wildman–Crippen MR) is 110 cm³/mol. The third-order valence-corrected chi connectivity index (χ3v) is 9.10. The zero-order valence-electron chi connectivity index (χ0n) is 16.0. The van der Waals surface area contributed by atoms with Gasteiger partial charge in [0.25, 0.3) is 15.9 Å². The van der Waals surface area contributed by atoms with Gasteiger partial charge in [-0.05, 0) is 60.9 Å². The lowest BCUT2D eigenvalue weighted by Crippen LogP contribution is -3.19. The Labute approximate surface area is 170 Å². The summed E-state index contributed by atoms with van der Waals surface area (Å²) >= 11 is 1.24. The van der Waals surface area contributed by atoms with Gasteiger partial charge in [0.2, 0.25) is 0 Å². The van der Waals surface area contributed by atoms with Crippen LogP contribution in [0.25, 0.3) is 0 Å². The highest BCUT2D eigenvalue weighted by molar-refractivity contribution is 7.91. The number of hydrogen-bond donors (Lipinski definition) is 2. The first kappa shape index (κ1) is 19.6. The number of aryl methyl sites for hydroxylation is 2. The number of nitrogens with one attached hydrogen (secondary N) is 2. The number of hydrogen-bond acceptors (Lipinski definition) is 4. The molecule has 8 heteroatoms. The molecule has 1 fully saturated rings. The number of fused-ring (bicyclic) bond motifs is 1. The van der Waals surface area contributed by atoms with Gasteiger partial charge in [-0.25, -0.2) is 8.42 Å². The van der Waals surface area contributed by atoms with Crippen molar-refractivity contribution in [3.8, 4) is 0 Å². The first-order valence-corrected chi connectivity index (χ1v) is 12.1. The van der Waals surface area contributed by atoms with E-state index >= 15 is 0 Å². The van der Waals surface area contributed by atoms with Crippen LogP contribution in [0, 0.1) is 0 Å². The topological polar surface area (TPSA) is 70.9 Å². The number of sulfonamides is 1. The molecule has 6 nitrogen and oxygen atoms in total. The zero-order valence-corrected chi connectivity index (χ0v) is 17.6. The summed E-state index contributed by atoms with van der Waals surface area (Å²) in [5.41, 5.74) is 3.58. The van der Waals surface area contributed by atoms with E-state index < -0.39 is 10.0 Å². The smallest absolute Gasteiger partial charge is 0.282 e. The monoisotopic (exact) mass is 420 g/mol. The largest absolute Gasteiger partial charge is 0.323 e. The van der Waals surface area contributed by atoms with Crippen LogP contribution < -0.4 is 10.2 Å². The second kappa shape index (κ2) is 7.94. The third-order valence-electron chi connectivity index (χ3n) is 5.83. The van der Waals surface area contributed by atoms with Crippen molar-refractivity contribution in [2.45, 2.75) is 36.4 Å². The Morgan fingerprint density at radius 1 is 1.18 bits per heavy atom. The summed E-state index contributed by atoms with van der Waals surface area (Å²) in [6.45, 7) is 4.05. The fourth-order valence-corrected chi connectivity index (χ4v) is 6.66. The van der Waals surface area contributed by atoms with Crippen LogP contribution in [0.15, 0.2) is 39.9 Å². The summed E-state index contributed by atoms with van der Waals surface area (Å²) < 4.78 is 27.2. The highest BCUT2D eigenvalue weighted by Gasteiger charge is 2.34.